The molecule has 0 radical (unpaired) electrons. The minimum Gasteiger partial charge on any atom is -0.396 e. The molecule has 0 saturated heterocycles. The monoisotopic (exact) mass is 281 g/mol. The number of aryl methyl sites for hydroxylation is 3. The molecule has 1 aromatic carbocycles. The number of hydrogen-bond donors (Lipinski definition) is 1. The van der Waals surface area contributed by atoms with Gasteiger partial charge in [-0.3, -0.25) is 4.68 Å². The largest absolute Gasteiger partial charge is 0.396 e. The van der Waals surface area contributed by atoms with E-state index < -0.39 is 0 Å². The predicted octanol–water partition coefficient (Wildman–Crippen LogP) is 2.78. The molecule has 0 atom stereocenters. The van der Waals surface area contributed by atoms with Crippen molar-refractivity contribution in [1.29, 1.82) is 0 Å². The minimum atomic E-state index is 0.664. The summed E-state index contributed by atoms with van der Waals surface area (Å²) in [5, 5.41) is 9.12. The molecule has 0 aliphatic carbocycles. The molecule has 21 heavy (non-hydrogen) atoms. The maximum atomic E-state index is 6.19. The van der Waals surface area contributed by atoms with Crippen LogP contribution in [-0.4, -0.2) is 19.6 Å². The fraction of sp³-hybridized carbons (Fsp3) is 0.250. The van der Waals surface area contributed by atoms with Crippen molar-refractivity contribution in [1.82, 2.24) is 19.6 Å². The van der Waals surface area contributed by atoms with Crippen LogP contribution in [0.5, 0.6) is 0 Å². The molecule has 0 aliphatic heterocycles. The first-order valence-electron chi connectivity index (χ1n) is 6.90. The first-order chi connectivity index (χ1) is 9.99. The van der Waals surface area contributed by atoms with Crippen molar-refractivity contribution in [3.63, 3.8) is 0 Å². The Bertz CT molecular complexity index is 810. The van der Waals surface area contributed by atoms with Crippen molar-refractivity contribution in [3.8, 4) is 16.9 Å². The lowest BCUT2D eigenvalue weighted by atomic mass is 10.1. The van der Waals surface area contributed by atoms with E-state index in [4.69, 9.17) is 5.73 Å². The second kappa shape index (κ2) is 4.77. The molecule has 2 heterocycles. The van der Waals surface area contributed by atoms with Gasteiger partial charge in [0.05, 0.1) is 23.3 Å². The molecule has 2 N–H and O–H groups in total. The summed E-state index contributed by atoms with van der Waals surface area (Å²) < 4.78 is 3.70. The van der Waals surface area contributed by atoms with E-state index in [9.17, 15) is 0 Å². The Morgan fingerprint density at radius 1 is 1.05 bits per heavy atom. The summed E-state index contributed by atoms with van der Waals surface area (Å²) in [6.07, 6.45) is 1.86. The summed E-state index contributed by atoms with van der Waals surface area (Å²) in [6, 6.07) is 8.12. The highest BCUT2D eigenvalue weighted by molar-refractivity contribution is 5.76. The van der Waals surface area contributed by atoms with E-state index in [1.54, 1.807) is 0 Å². The molecule has 0 amide bonds. The molecule has 0 saturated carbocycles. The average Bonchev–Trinajstić information content (AvgIpc) is 2.91. The Balaban J connectivity index is 2.17. The smallest absolute Gasteiger partial charge is 0.119 e. The first kappa shape index (κ1) is 13.4. The maximum Gasteiger partial charge on any atom is 0.119 e. The van der Waals surface area contributed by atoms with Gasteiger partial charge in [-0.05, 0) is 32.4 Å². The lowest BCUT2D eigenvalue weighted by Gasteiger charge is -2.04. The highest BCUT2D eigenvalue weighted by Gasteiger charge is 2.18. The highest BCUT2D eigenvalue weighted by atomic mass is 15.3. The van der Waals surface area contributed by atoms with Crippen molar-refractivity contribution in [2.24, 2.45) is 7.05 Å². The summed E-state index contributed by atoms with van der Waals surface area (Å²) in [5.41, 5.74) is 12.9. The van der Waals surface area contributed by atoms with Crippen molar-refractivity contribution in [2.75, 3.05) is 5.73 Å². The van der Waals surface area contributed by atoms with Crippen LogP contribution in [-0.2, 0) is 7.05 Å². The Kier molecular flexibility index (Phi) is 3.05. The number of anilines is 1. The van der Waals surface area contributed by atoms with Crippen LogP contribution in [0.2, 0.25) is 0 Å². The van der Waals surface area contributed by atoms with Crippen molar-refractivity contribution >= 4 is 5.69 Å². The zero-order valence-corrected chi connectivity index (χ0v) is 12.8. The van der Waals surface area contributed by atoms with Crippen LogP contribution in [0.4, 0.5) is 5.69 Å². The quantitative estimate of drug-likeness (QED) is 0.785. The van der Waals surface area contributed by atoms with Gasteiger partial charge in [0.2, 0.25) is 0 Å². The van der Waals surface area contributed by atoms with Gasteiger partial charge in [-0.2, -0.15) is 10.2 Å². The molecule has 0 bridgehead atoms. The first-order valence-corrected chi connectivity index (χ1v) is 6.90. The molecule has 108 valence electrons. The van der Waals surface area contributed by atoms with Crippen molar-refractivity contribution < 1.29 is 0 Å². The molecular weight excluding hydrogens is 262 g/mol. The Hall–Kier alpha value is -2.56. The van der Waals surface area contributed by atoms with Crippen LogP contribution < -0.4 is 5.73 Å². The van der Waals surface area contributed by atoms with E-state index in [0.29, 0.717) is 5.69 Å². The van der Waals surface area contributed by atoms with E-state index in [1.165, 1.54) is 0 Å². The fourth-order valence-corrected chi connectivity index (χ4v) is 2.64. The number of nitrogens with two attached hydrogens (primary N) is 1. The molecule has 3 aromatic rings. The van der Waals surface area contributed by atoms with E-state index in [1.807, 2.05) is 54.7 Å². The van der Waals surface area contributed by atoms with E-state index in [2.05, 4.69) is 23.2 Å². The normalized spacial score (nSPS) is 11.0. The van der Waals surface area contributed by atoms with E-state index in [-0.39, 0.29) is 0 Å². The number of aromatic nitrogens is 4. The molecule has 0 aliphatic rings. The van der Waals surface area contributed by atoms with Crippen LogP contribution in [0.25, 0.3) is 16.9 Å². The van der Waals surface area contributed by atoms with Crippen LogP contribution in [0.1, 0.15) is 17.0 Å². The molecular formula is C16H19N5. The van der Waals surface area contributed by atoms with Crippen LogP contribution >= 0.6 is 0 Å². The third kappa shape index (κ3) is 2.11. The van der Waals surface area contributed by atoms with Gasteiger partial charge < -0.3 is 5.73 Å². The molecule has 0 spiro atoms. The van der Waals surface area contributed by atoms with Crippen molar-refractivity contribution in [3.05, 3.63) is 47.4 Å². The molecule has 5 heteroatoms. The number of benzene rings is 1. The van der Waals surface area contributed by atoms with Gasteiger partial charge in [0.25, 0.3) is 0 Å². The van der Waals surface area contributed by atoms with Gasteiger partial charge in [-0.1, -0.05) is 18.2 Å². The number of nitrogens with zero attached hydrogens (tertiary/aromatic N) is 4. The summed E-state index contributed by atoms with van der Waals surface area (Å²) >= 11 is 0. The number of rotatable bonds is 2. The number of nitrogen functional groups attached to an aromatic ring is 1. The Labute approximate surface area is 124 Å². The summed E-state index contributed by atoms with van der Waals surface area (Å²) in [7, 11) is 1.93. The Morgan fingerprint density at radius 3 is 2.38 bits per heavy atom. The van der Waals surface area contributed by atoms with Gasteiger partial charge in [-0.25, -0.2) is 4.68 Å². The molecule has 0 fully saturated rings. The van der Waals surface area contributed by atoms with Crippen LogP contribution in [0, 0.1) is 20.8 Å². The summed E-state index contributed by atoms with van der Waals surface area (Å²) in [4.78, 5) is 0. The standard InChI is InChI=1S/C16H19N5/c1-10-7-5-6-8-14(10)21-9-13(17)16(19-21)15-11(2)18-20(4)12(15)3/h5-9H,17H2,1-4H3. The fourth-order valence-electron chi connectivity index (χ4n) is 2.64. The van der Waals surface area contributed by atoms with Gasteiger partial charge in [0.15, 0.2) is 0 Å². The third-order valence-corrected chi connectivity index (χ3v) is 3.85. The van der Waals surface area contributed by atoms with Crippen LogP contribution in [0.3, 0.4) is 0 Å². The SMILES string of the molecule is Cc1ccccc1-n1cc(N)c(-c2c(C)nn(C)c2C)n1. The lowest BCUT2D eigenvalue weighted by molar-refractivity contribution is 0.731. The van der Waals surface area contributed by atoms with E-state index >= 15 is 0 Å². The summed E-state index contributed by atoms with van der Waals surface area (Å²) in [5.74, 6) is 0. The van der Waals surface area contributed by atoms with Gasteiger partial charge in [0, 0.05) is 18.3 Å². The topological polar surface area (TPSA) is 61.7 Å². The minimum absolute atomic E-state index is 0.664. The molecule has 2 aromatic heterocycles. The third-order valence-electron chi connectivity index (χ3n) is 3.85. The van der Waals surface area contributed by atoms with E-state index in [0.717, 1.165) is 33.9 Å². The molecule has 0 unspecified atom stereocenters. The molecule has 3 rings (SSSR count). The number of hydrogen-bond acceptors (Lipinski definition) is 3. The number of para-hydroxylation sites is 1. The highest BCUT2D eigenvalue weighted by Crippen LogP contribution is 2.30. The van der Waals surface area contributed by atoms with Gasteiger partial charge >= 0.3 is 0 Å². The molecule has 5 nitrogen and oxygen atoms in total. The van der Waals surface area contributed by atoms with Crippen LogP contribution in [0.15, 0.2) is 30.5 Å². The predicted molar refractivity (Wildman–Crippen MR) is 84.4 cm³/mol. The maximum absolute atomic E-state index is 6.19. The average molecular weight is 281 g/mol. The second-order valence-electron chi connectivity index (χ2n) is 5.33. The van der Waals surface area contributed by atoms with Gasteiger partial charge in [0.1, 0.15) is 5.69 Å². The zero-order chi connectivity index (χ0) is 15.1. The zero-order valence-electron chi connectivity index (χ0n) is 12.8. The summed E-state index contributed by atoms with van der Waals surface area (Å²) in [6.45, 7) is 6.07. The lowest BCUT2D eigenvalue weighted by Crippen LogP contribution is -1.98. The Morgan fingerprint density at radius 2 is 1.76 bits per heavy atom. The van der Waals surface area contributed by atoms with Gasteiger partial charge in [-0.15, -0.1) is 0 Å². The van der Waals surface area contributed by atoms with Crippen molar-refractivity contribution in [2.45, 2.75) is 20.8 Å². The second-order valence-corrected chi connectivity index (χ2v) is 5.33.